The number of aliphatic hydroxyl groups is 8. The minimum atomic E-state index is -1.76. The van der Waals surface area contributed by atoms with Crippen molar-refractivity contribution >= 4 is 11.0 Å². The highest BCUT2D eigenvalue weighted by molar-refractivity contribution is 5.86. The van der Waals surface area contributed by atoms with Crippen molar-refractivity contribution in [2.24, 2.45) is 0 Å². The van der Waals surface area contributed by atoms with Gasteiger partial charge in [0.05, 0.1) is 18.8 Å². The van der Waals surface area contributed by atoms with E-state index in [2.05, 4.69) is 0 Å². The van der Waals surface area contributed by atoms with E-state index in [1.165, 1.54) is 44.2 Å². The molecule has 15 atom stereocenters. The topological polar surface area (TPSA) is 288 Å². The second kappa shape index (κ2) is 14.9. The average molecular weight is 725 g/mol. The van der Waals surface area contributed by atoms with Gasteiger partial charge >= 0.3 is 0 Å². The van der Waals surface area contributed by atoms with Crippen LogP contribution in [0.2, 0.25) is 0 Å². The minimum absolute atomic E-state index is 0.0399. The molecule has 3 saturated heterocycles. The van der Waals surface area contributed by atoms with Crippen molar-refractivity contribution in [3.05, 3.63) is 52.7 Å². The summed E-state index contributed by atoms with van der Waals surface area (Å²) < 4.78 is 39.5. The summed E-state index contributed by atoms with van der Waals surface area (Å²) in [5, 5.41) is 104. The van der Waals surface area contributed by atoms with Crippen molar-refractivity contribution in [3.8, 4) is 28.6 Å². The normalized spacial score (nSPS) is 38.8. The second-order valence-electron chi connectivity index (χ2n) is 12.8. The number of phenols is 2. The van der Waals surface area contributed by atoms with Crippen LogP contribution in [0.3, 0.4) is 0 Å². The summed E-state index contributed by atoms with van der Waals surface area (Å²) in [5.41, 5.74) is -0.172. The van der Waals surface area contributed by atoms with Crippen molar-refractivity contribution in [2.75, 3.05) is 6.61 Å². The van der Waals surface area contributed by atoms with E-state index in [-0.39, 0.29) is 28.2 Å². The number of hydrogen-bond acceptors (Lipinski definition) is 18. The molecule has 1 aromatic heterocycles. The van der Waals surface area contributed by atoms with Crippen LogP contribution in [0.15, 0.2) is 51.7 Å². The molecule has 3 aromatic rings. The van der Waals surface area contributed by atoms with Crippen LogP contribution >= 0.6 is 0 Å². The van der Waals surface area contributed by atoms with Gasteiger partial charge in [0.15, 0.2) is 18.0 Å². The fourth-order valence-corrected chi connectivity index (χ4v) is 6.15. The largest absolute Gasteiger partial charge is 0.508 e. The Morgan fingerprint density at radius 3 is 2.00 bits per heavy atom. The van der Waals surface area contributed by atoms with Gasteiger partial charge < -0.3 is 83.9 Å². The van der Waals surface area contributed by atoms with Gasteiger partial charge in [0.25, 0.3) is 0 Å². The molecule has 280 valence electrons. The maximum atomic E-state index is 12.6. The van der Waals surface area contributed by atoms with Crippen LogP contribution in [-0.4, -0.2) is 150 Å². The molecule has 0 amide bonds. The molecule has 0 bridgehead atoms. The van der Waals surface area contributed by atoms with Gasteiger partial charge in [-0.15, -0.1) is 0 Å². The molecule has 15 unspecified atom stereocenters. The molecular formula is C33H40O18. The molecule has 51 heavy (non-hydrogen) atoms. The van der Waals surface area contributed by atoms with Crippen LogP contribution in [0.5, 0.6) is 17.2 Å². The Morgan fingerprint density at radius 1 is 0.667 bits per heavy atom. The number of rotatable bonds is 8. The van der Waals surface area contributed by atoms with Gasteiger partial charge in [0.2, 0.25) is 6.29 Å². The third kappa shape index (κ3) is 7.42. The Labute approximate surface area is 288 Å². The lowest BCUT2D eigenvalue weighted by molar-refractivity contribution is -0.358. The molecule has 6 rings (SSSR count). The molecule has 3 aliphatic heterocycles. The highest BCUT2D eigenvalue weighted by atomic mass is 16.7. The average Bonchev–Trinajstić information content (AvgIpc) is 3.09. The van der Waals surface area contributed by atoms with Gasteiger partial charge in [-0.2, -0.15) is 0 Å². The molecule has 18 heteroatoms. The summed E-state index contributed by atoms with van der Waals surface area (Å²) in [7, 11) is 0. The summed E-state index contributed by atoms with van der Waals surface area (Å²) >= 11 is 0. The van der Waals surface area contributed by atoms with Gasteiger partial charge in [0, 0.05) is 23.8 Å². The molecule has 2 aromatic carbocycles. The molecule has 0 aliphatic carbocycles. The maximum absolute atomic E-state index is 12.6. The number of fused-ring (bicyclic) bond motifs is 1. The zero-order valence-electron chi connectivity index (χ0n) is 27.1. The third-order valence-corrected chi connectivity index (χ3v) is 9.16. The van der Waals surface area contributed by atoms with Crippen LogP contribution in [-0.2, 0) is 23.7 Å². The van der Waals surface area contributed by atoms with E-state index in [4.69, 9.17) is 32.8 Å². The Morgan fingerprint density at radius 2 is 1.29 bits per heavy atom. The van der Waals surface area contributed by atoms with Gasteiger partial charge in [-0.05, 0) is 38.1 Å². The molecule has 4 heterocycles. The molecule has 3 fully saturated rings. The number of phenolic OH excluding ortho intramolecular Hbond substituents is 2. The number of ether oxygens (including phenoxy) is 6. The number of hydrogen-bond donors (Lipinski definition) is 10. The summed E-state index contributed by atoms with van der Waals surface area (Å²) in [6.45, 7) is 2.35. The van der Waals surface area contributed by atoms with E-state index in [0.717, 1.165) is 12.1 Å². The zero-order chi connectivity index (χ0) is 36.9. The first-order chi connectivity index (χ1) is 24.1. The van der Waals surface area contributed by atoms with E-state index >= 15 is 0 Å². The summed E-state index contributed by atoms with van der Waals surface area (Å²) in [5.74, 6) is -0.487. The Balaban J connectivity index is 1.10. The number of aliphatic hydroxyl groups excluding tert-OH is 8. The maximum Gasteiger partial charge on any atom is 0.229 e. The van der Waals surface area contributed by atoms with Crippen LogP contribution < -0.4 is 10.2 Å². The van der Waals surface area contributed by atoms with Crippen LogP contribution in [0, 0.1) is 0 Å². The van der Waals surface area contributed by atoms with Gasteiger partial charge in [-0.1, -0.05) is 0 Å². The summed E-state index contributed by atoms with van der Waals surface area (Å²) in [6, 6.07) is 9.30. The minimum Gasteiger partial charge on any atom is -0.508 e. The van der Waals surface area contributed by atoms with Crippen molar-refractivity contribution in [1.29, 1.82) is 0 Å². The van der Waals surface area contributed by atoms with E-state index < -0.39 is 110 Å². The van der Waals surface area contributed by atoms with E-state index in [0.29, 0.717) is 5.56 Å². The van der Waals surface area contributed by atoms with Crippen LogP contribution in [0.4, 0.5) is 0 Å². The van der Waals surface area contributed by atoms with E-state index in [9.17, 15) is 55.9 Å². The first kappa shape index (κ1) is 37.3. The Bertz CT molecular complexity index is 1720. The number of benzene rings is 2. The van der Waals surface area contributed by atoms with Crippen LogP contribution in [0.1, 0.15) is 13.8 Å². The lowest BCUT2D eigenvalue weighted by Crippen LogP contribution is -2.64. The quantitative estimate of drug-likeness (QED) is 0.117. The van der Waals surface area contributed by atoms with Crippen molar-refractivity contribution < 1.29 is 83.9 Å². The van der Waals surface area contributed by atoms with E-state index in [1.807, 2.05) is 0 Å². The first-order valence-electron chi connectivity index (χ1n) is 16.1. The lowest BCUT2D eigenvalue weighted by Gasteiger charge is -2.46. The standard InChI is InChI=1S/C33H40O18/c1-11-22(37)25(40)27(42)32(47-11)51-30-23(38)12(2)46-31(29(30)44)45-10-20-24(39)26(41)28(43)33(50-20)48-15-5-3-13(4-6-15)18-9-17(36)21-16(35)7-14(34)8-19(21)49-18/h3-9,11-12,20,22-35,37-44H,10H2,1-2H3. The summed E-state index contributed by atoms with van der Waals surface area (Å²) in [6.07, 6.45) is -22.4. The van der Waals surface area contributed by atoms with Gasteiger partial charge in [-0.3, -0.25) is 4.79 Å². The molecule has 3 aliphatic rings. The predicted octanol–water partition coefficient (Wildman–Crippen LogP) is -2.25. The van der Waals surface area contributed by atoms with Crippen LogP contribution in [0.25, 0.3) is 22.3 Å². The van der Waals surface area contributed by atoms with Gasteiger partial charge in [-0.25, -0.2) is 0 Å². The Hall–Kier alpha value is -3.47. The fourth-order valence-electron chi connectivity index (χ4n) is 6.15. The summed E-state index contributed by atoms with van der Waals surface area (Å²) in [4.78, 5) is 12.6. The third-order valence-electron chi connectivity index (χ3n) is 9.16. The van der Waals surface area contributed by atoms with Crippen molar-refractivity contribution in [2.45, 2.75) is 106 Å². The number of aromatic hydroxyl groups is 2. The molecule has 0 radical (unpaired) electrons. The molecule has 18 nitrogen and oxygen atoms in total. The zero-order valence-corrected chi connectivity index (χ0v) is 27.1. The first-order valence-corrected chi connectivity index (χ1v) is 16.1. The lowest BCUT2D eigenvalue weighted by atomic mass is 9.97. The van der Waals surface area contributed by atoms with Crippen molar-refractivity contribution in [3.63, 3.8) is 0 Å². The SMILES string of the molecule is CC1OC(OC2C(O)C(C)OC(OCC3OC(Oc4ccc(-c5cc(=O)c6c(O)cc(O)cc6o5)cc4)C(O)C(O)C3O)C2O)C(O)C(O)C1O. The highest BCUT2D eigenvalue weighted by Crippen LogP contribution is 2.33. The molecule has 0 saturated carbocycles. The monoisotopic (exact) mass is 724 g/mol. The van der Waals surface area contributed by atoms with E-state index in [1.54, 1.807) is 0 Å². The molecule has 0 spiro atoms. The van der Waals surface area contributed by atoms with Gasteiger partial charge in [0.1, 0.15) is 95.0 Å². The predicted molar refractivity (Wildman–Crippen MR) is 168 cm³/mol. The second-order valence-corrected chi connectivity index (χ2v) is 12.8. The smallest absolute Gasteiger partial charge is 0.229 e. The fraction of sp³-hybridized carbons (Fsp3) is 0.545. The van der Waals surface area contributed by atoms with Crippen molar-refractivity contribution in [1.82, 2.24) is 0 Å². The highest BCUT2D eigenvalue weighted by Gasteiger charge is 2.51. The molecule has 10 N–H and O–H groups in total. The molecular weight excluding hydrogens is 684 g/mol. The Kier molecular flexibility index (Phi) is 10.9.